The Morgan fingerprint density at radius 1 is 1.43 bits per heavy atom. The molecular formula is C9H7BrF2N2. The summed E-state index contributed by atoms with van der Waals surface area (Å²) in [7, 11) is 0. The first-order valence-electron chi connectivity index (χ1n) is 3.73. The second kappa shape index (κ2) is 3.64. The summed E-state index contributed by atoms with van der Waals surface area (Å²) in [5.74, 6) is -1.54. The normalized spacial score (nSPS) is 14.6. The Kier molecular flexibility index (Phi) is 2.88. The van der Waals surface area contributed by atoms with Crippen LogP contribution < -0.4 is 5.73 Å². The molecule has 1 aromatic rings. The number of rotatable bonds is 1. The number of nitrogens with two attached hydrogens (primary N) is 1. The molecule has 0 spiro atoms. The summed E-state index contributed by atoms with van der Waals surface area (Å²) in [5, 5.41) is 8.68. The molecule has 1 rings (SSSR count). The average molecular weight is 261 g/mol. The zero-order valence-electron chi connectivity index (χ0n) is 7.31. The van der Waals surface area contributed by atoms with E-state index < -0.39 is 17.2 Å². The van der Waals surface area contributed by atoms with E-state index in [0.29, 0.717) is 6.07 Å². The van der Waals surface area contributed by atoms with Gasteiger partial charge in [-0.3, -0.25) is 0 Å². The highest BCUT2D eigenvalue weighted by atomic mass is 79.9. The summed E-state index contributed by atoms with van der Waals surface area (Å²) in [6, 6.07) is 3.61. The molecule has 5 heteroatoms. The number of nitrogens with zero attached hydrogens (tertiary/aromatic N) is 1. The van der Waals surface area contributed by atoms with Crippen molar-refractivity contribution in [2.75, 3.05) is 0 Å². The maximum absolute atomic E-state index is 13.2. The van der Waals surface area contributed by atoms with Crippen molar-refractivity contribution in [1.82, 2.24) is 0 Å². The first-order chi connectivity index (χ1) is 6.38. The van der Waals surface area contributed by atoms with E-state index in [9.17, 15) is 8.78 Å². The second-order valence-corrected chi connectivity index (χ2v) is 3.91. The van der Waals surface area contributed by atoms with Gasteiger partial charge in [-0.2, -0.15) is 5.26 Å². The van der Waals surface area contributed by atoms with Gasteiger partial charge in [0.2, 0.25) is 0 Å². The van der Waals surface area contributed by atoms with Crippen LogP contribution in [0.3, 0.4) is 0 Å². The summed E-state index contributed by atoms with van der Waals surface area (Å²) in [4.78, 5) is 0. The predicted octanol–water partition coefficient (Wildman–Crippen LogP) is 2.42. The maximum atomic E-state index is 13.2. The van der Waals surface area contributed by atoms with E-state index in [0.717, 1.165) is 0 Å². The molecule has 0 saturated heterocycles. The Morgan fingerprint density at radius 3 is 2.50 bits per heavy atom. The van der Waals surface area contributed by atoms with E-state index in [1.54, 1.807) is 6.07 Å². The van der Waals surface area contributed by atoms with Crippen LogP contribution in [0.15, 0.2) is 16.6 Å². The van der Waals surface area contributed by atoms with E-state index in [4.69, 9.17) is 11.0 Å². The van der Waals surface area contributed by atoms with E-state index in [-0.39, 0.29) is 10.0 Å². The summed E-state index contributed by atoms with van der Waals surface area (Å²) in [6.45, 7) is 1.36. The lowest BCUT2D eigenvalue weighted by Crippen LogP contribution is -2.32. The zero-order valence-corrected chi connectivity index (χ0v) is 8.90. The predicted molar refractivity (Wildman–Crippen MR) is 51.2 cm³/mol. The fourth-order valence-electron chi connectivity index (χ4n) is 0.981. The number of hydrogen-bond donors (Lipinski definition) is 1. The maximum Gasteiger partial charge on any atom is 0.140 e. The molecule has 0 aliphatic heterocycles. The van der Waals surface area contributed by atoms with Crippen LogP contribution in [0.25, 0.3) is 0 Å². The average Bonchev–Trinajstić information content (AvgIpc) is 2.11. The van der Waals surface area contributed by atoms with Gasteiger partial charge in [0.15, 0.2) is 0 Å². The lowest BCUT2D eigenvalue weighted by Gasteiger charge is -2.17. The Morgan fingerprint density at radius 2 is 2.00 bits per heavy atom. The second-order valence-electron chi connectivity index (χ2n) is 3.06. The van der Waals surface area contributed by atoms with Crippen LogP contribution >= 0.6 is 15.9 Å². The number of hydrogen-bond acceptors (Lipinski definition) is 2. The highest BCUT2D eigenvalue weighted by Crippen LogP contribution is 2.26. The summed E-state index contributed by atoms with van der Waals surface area (Å²) in [6.07, 6.45) is 0. The molecule has 0 aromatic heterocycles. The van der Waals surface area contributed by atoms with Crippen LogP contribution in [0, 0.1) is 23.0 Å². The first-order valence-corrected chi connectivity index (χ1v) is 4.53. The van der Waals surface area contributed by atoms with E-state index in [1.165, 1.54) is 13.0 Å². The number of benzene rings is 1. The summed E-state index contributed by atoms with van der Waals surface area (Å²) < 4.78 is 26.1. The summed E-state index contributed by atoms with van der Waals surface area (Å²) >= 11 is 2.90. The van der Waals surface area contributed by atoms with E-state index in [1.807, 2.05) is 0 Å². The van der Waals surface area contributed by atoms with Crippen LogP contribution in [0.4, 0.5) is 8.78 Å². The van der Waals surface area contributed by atoms with Crippen molar-refractivity contribution in [3.63, 3.8) is 0 Å². The third kappa shape index (κ3) is 1.91. The molecule has 0 radical (unpaired) electrons. The molecule has 2 N–H and O–H groups in total. The largest absolute Gasteiger partial charge is 0.310 e. The van der Waals surface area contributed by atoms with Gasteiger partial charge in [-0.05, 0) is 28.9 Å². The SMILES string of the molecule is C[C@@](N)(C#N)c1cc(Br)c(F)cc1F. The van der Waals surface area contributed by atoms with Crippen LogP contribution in [-0.2, 0) is 5.54 Å². The molecule has 1 atom stereocenters. The standard InChI is InChI=1S/C9H7BrF2N2/c1-9(14,4-13)5-2-6(10)8(12)3-7(5)11/h2-3H,14H2,1H3/t9-/m1/s1. The Bertz CT molecular complexity index is 410. The van der Waals surface area contributed by atoms with Crippen molar-refractivity contribution in [1.29, 1.82) is 5.26 Å². The molecule has 0 amide bonds. The van der Waals surface area contributed by atoms with Gasteiger partial charge in [0.1, 0.15) is 17.2 Å². The van der Waals surface area contributed by atoms with Crippen molar-refractivity contribution in [2.45, 2.75) is 12.5 Å². The van der Waals surface area contributed by atoms with Crippen molar-refractivity contribution >= 4 is 15.9 Å². The quantitative estimate of drug-likeness (QED) is 0.789. The molecule has 0 bridgehead atoms. The lowest BCUT2D eigenvalue weighted by molar-refractivity contribution is 0.530. The topological polar surface area (TPSA) is 49.8 Å². The molecule has 0 aliphatic rings. The van der Waals surface area contributed by atoms with Gasteiger partial charge in [-0.15, -0.1) is 0 Å². The highest BCUT2D eigenvalue weighted by Gasteiger charge is 2.25. The smallest absolute Gasteiger partial charge is 0.140 e. The van der Waals surface area contributed by atoms with Crippen molar-refractivity contribution < 1.29 is 8.78 Å². The van der Waals surface area contributed by atoms with Crippen LogP contribution in [0.1, 0.15) is 12.5 Å². The van der Waals surface area contributed by atoms with Gasteiger partial charge in [0.25, 0.3) is 0 Å². The molecule has 14 heavy (non-hydrogen) atoms. The zero-order chi connectivity index (χ0) is 10.9. The minimum absolute atomic E-state index is 0.0340. The Balaban J connectivity index is 3.38. The Hall–Kier alpha value is -0.990. The highest BCUT2D eigenvalue weighted by molar-refractivity contribution is 9.10. The first kappa shape index (κ1) is 11.1. The van der Waals surface area contributed by atoms with Crippen molar-refractivity contribution in [2.24, 2.45) is 5.73 Å². The van der Waals surface area contributed by atoms with Gasteiger partial charge < -0.3 is 5.73 Å². The van der Waals surface area contributed by atoms with E-state index in [2.05, 4.69) is 15.9 Å². The monoisotopic (exact) mass is 260 g/mol. The lowest BCUT2D eigenvalue weighted by atomic mass is 9.94. The molecular weight excluding hydrogens is 254 g/mol. The summed E-state index contributed by atoms with van der Waals surface area (Å²) in [5.41, 5.74) is 4.02. The van der Waals surface area contributed by atoms with Gasteiger partial charge in [0.05, 0.1) is 10.5 Å². The van der Waals surface area contributed by atoms with Gasteiger partial charge >= 0.3 is 0 Å². The van der Waals surface area contributed by atoms with Crippen LogP contribution in [-0.4, -0.2) is 0 Å². The number of nitriles is 1. The van der Waals surface area contributed by atoms with Crippen molar-refractivity contribution in [3.8, 4) is 6.07 Å². The fraction of sp³-hybridized carbons (Fsp3) is 0.222. The fourth-order valence-corrected chi connectivity index (χ4v) is 1.32. The molecule has 74 valence electrons. The van der Waals surface area contributed by atoms with Crippen LogP contribution in [0.5, 0.6) is 0 Å². The molecule has 0 heterocycles. The molecule has 1 aromatic carbocycles. The molecule has 0 saturated carbocycles. The third-order valence-electron chi connectivity index (χ3n) is 1.80. The molecule has 0 unspecified atom stereocenters. The Labute approximate surface area is 88.5 Å². The van der Waals surface area contributed by atoms with Gasteiger partial charge in [-0.1, -0.05) is 0 Å². The third-order valence-corrected chi connectivity index (χ3v) is 2.41. The van der Waals surface area contributed by atoms with Gasteiger partial charge in [-0.25, -0.2) is 8.78 Å². The van der Waals surface area contributed by atoms with Crippen molar-refractivity contribution in [3.05, 3.63) is 33.8 Å². The van der Waals surface area contributed by atoms with E-state index >= 15 is 0 Å². The van der Waals surface area contributed by atoms with Gasteiger partial charge in [0, 0.05) is 11.6 Å². The minimum atomic E-state index is -1.46. The minimum Gasteiger partial charge on any atom is -0.310 e. The van der Waals surface area contributed by atoms with Crippen LogP contribution in [0.2, 0.25) is 0 Å². The molecule has 0 aliphatic carbocycles. The number of halogens is 3. The molecule has 0 fully saturated rings. The molecule has 2 nitrogen and oxygen atoms in total.